The van der Waals surface area contributed by atoms with Crippen molar-refractivity contribution in [2.24, 2.45) is 0 Å². The Hall–Kier alpha value is -1.23. The van der Waals surface area contributed by atoms with E-state index in [1.807, 2.05) is 0 Å². The maximum absolute atomic E-state index is 13.0. The van der Waals surface area contributed by atoms with Gasteiger partial charge in [-0.15, -0.1) is 0 Å². The van der Waals surface area contributed by atoms with Crippen LogP contribution in [0.25, 0.3) is 0 Å². The van der Waals surface area contributed by atoms with E-state index in [2.05, 4.69) is 10.6 Å². The Kier molecular flexibility index (Phi) is 3.89. The number of anilines is 1. The molecular formula is C12H15F3N2. The predicted octanol–water partition coefficient (Wildman–Crippen LogP) is 2.66. The first-order chi connectivity index (χ1) is 8.16. The number of hydrogen-bond acceptors (Lipinski definition) is 2. The van der Waals surface area contributed by atoms with Gasteiger partial charge in [0.25, 0.3) is 0 Å². The van der Waals surface area contributed by atoms with Crippen LogP contribution in [0.15, 0.2) is 12.1 Å². The van der Waals surface area contributed by atoms with E-state index in [-0.39, 0.29) is 6.04 Å². The Morgan fingerprint density at radius 1 is 1.06 bits per heavy atom. The number of nitrogens with one attached hydrogen (secondary N) is 2. The lowest BCUT2D eigenvalue weighted by Gasteiger charge is -2.17. The highest BCUT2D eigenvalue weighted by molar-refractivity contribution is 5.45. The maximum atomic E-state index is 13.0. The zero-order chi connectivity index (χ0) is 12.3. The Balaban J connectivity index is 2.07. The van der Waals surface area contributed by atoms with Crippen LogP contribution in [0, 0.1) is 17.5 Å². The number of halogens is 3. The van der Waals surface area contributed by atoms with E-state index in [9.17, 15) is 13.2 Å². The van der Waals surface area contributed by atoms with Gasteiger partial charge in [0.05, 0.1) is 0 Å². The third-order valence-electron chi connectivity index (χ3n) is 2.93. The molecule has 1 heterocycles. The first-order valence-electron chi connectivity index (χ1n) is 5.78. The van der Waals surface area contributed by atoms with Crippen LogP contribution in [-0.2, 0) is 0 Å². The number of benzene rings is 1. The van der Waals surface area contributed by atoms with Crippen molar-refractivity contribution in [3.63, 3.8) is 0 Å². The Labute approximate surface area is 98.2 Å². The molecule has 2 N–H and O–H groups in total. The van der Waals surface area contributed by atoms with Crippen molar-refractivity contribution < 1.29 is 13.2 Å². The fraction of sp³-hybridized carbons (Fsp3) is 0.500. The molecule has 0 saturated carbocycles. The summed E-state index contributed by atoms with van der Waals surface area (Å²) in [5, 5.41) is 6.29. The molecule has 1 aliphatic heterocycles. The van der Waals surface area contributed by atoms with Crippen LogP contribution in [0.5, 0.6) is 0 Å². The summed E-state index contributed by atoms with van der Waals surface area (Å²) in [6.45, 7) is 1.84. The Bertz CT molecular complexity index is 364. The zero-order valence-electron chi connectivity index (χ0n) is 9.40. The summed E-state index contributed by atoms with van der Waals surface area (Å²) in [6, 6.07) is 2.17. The van der Waals surface area contributed by atoms with Crippen molar-refractivity contribution in [1.29, 1.82) is 0 Å². The molecule has 0 aromatic heterocycles. The molecule has 1 atom stereocenters. The summed E-state index contributed by atoms with van der Waals surface area (Å²) in [4.78, 5) is 0. The molecule has 5 heteroatoms. The van der Waals surface area contributed by atoms with Crippen LogP contribution >= 0.6 is 0 Å². The highest BCUT2D eigenvalue weighted by Gasteiger charge is 2.15. The van der Waals surface area contributed by atoms with Crippen molar-refractivity contribution in [1.82, 2.24) is 5.32 Å². The smallest absolute Gasteiger partial charge is 0.194 e. The maximum Gasteiger partial charge on any atom is 0.194 e. The zero-order valence-corrected chi connectivity index (χ0v) is 9.40. The van der Waals surface area contributed by atoms with Gasteiger partial charge in [0, 0.05) is 23.9 Å². The molecule has 0 aliphatic carbocycles. The SMILES string of the molecule is Fc1cc(NC2CCCNCC2)cc(F)c1F. The van der Waals surface area contributed by atoms with E-state index in [1.165, 1.54) is 0 Å². The van der Waals surface area contributed by atoms with Gasteiger partial charge < -0.3 is 10.6 Å². The van der Waals surface area contributed by atoms with Crippen LogP contribution in [0.3, 0.4) is 0 Å². The predicted molar refractivity (Wildman–Crippen MR) is 60.4 cm³/mol. The normalized spacial score (nSPS) is 21.0. The van der Waals surface area contributed by atoms with Crippen molar-refractivity contribution in [2.45, 2.75) is 25.3 Å². The van der Waals surface area contributed by atoms with E-state index >= 15 is 0 Å². The first-order valence-corrected chi connectivity index (χ1v) is 5.78. The highest BCUT2D eigenvalue weighted by Crippen LogP contribution is 2.20. The second-order valence-electron chi connectivity index (χ2n) is 4.28. The fourth-order valence-electron chi connectivity index (χ4n) is 2.04. The second-order valence-corrected chi connectivity index (χ2v) is 4.28. The van der Waals surface area contributed by atoms with Gasteiger partial charge in [-0.2, -0.15) is 0 Å². The molecule has 1 fully saturated rings. The van der Waals surface area contributed by atoms with Crippen LogP contribution < -0.4 is 10.6 Å². The summed E-state index contributed by atoms with van der Waals surface area (Å²) < 4.78 is 38.8. The molecule has 1 saturated heterocycles. The molecule has 1 unspecified atom stereocenters. The monoisotopic (exact) mass is 244 g/mol. The van der Waals surface area contributed by atoms with E-state index in [0.717, 1.165) is 44.5 Å². The highest BCUT2D eigenvalue weighted by atomic mass is 19.2. The summed E-state index contributed by atoms with van der Waals surface area (Å²) in [6.07, 6.45) is 2.85. The van der Waals surface area contributed by atoms with Gasteiger partial charge in [0.15, 0.2) is 17.5 Å². The van der Waals surface area contributed by atoms with Crippen molar-refractivity contribution in [3.8, 4) is 0 Å². The van der Waals surface area contributed by atoms with E-state index in [1.54, 1.807) is 0 Å². The molecule has 0 spiro atoms. The molecule has 1 aromatic carbocycles. The summed E-state index contributed by atoms with van der Waals surface area (Å²) in [7, 11) is 0. The molecule has 2 rings (SSSR count). The lowest BCUT2D eigenvalue weighted by Crippen LogP contribution is -2.21. The van der Waals surface area contributed by atoms with Crippen molar-refractivity contribution >= 4 is 5.69 Å². The van der Waals surface area contributed by atoms with E-state index in [0.29, 0.717) is 5.69 Å². The largest absolute Gasteiger partial charge is 0.382 e. The molecule has 0 bridgehead atoms. The fourth-order valence-corrected chi connectivity index (χ4v) is 2.04. The van der Waals surface area contributed by atoms with Crippen molar-refractivity contribution in [3.05, 3.63) is 29.6 Å². The minimum absolute atomic E-state index is 0.175. The molecule has 1 aromatic rings. The van der Waals surface area contributed by atoms with Crippen LogP contribution in [0.2, 0.25) is 0 Å². The van der Waals surface area contributed by atoms with Crippen LogP contribution in [0.1, 0.15) is 19.3 Å². The van der Waals surface area contributed by atoms with E-state index in [4.69, 9.17) is 0 Å². The van der Waals surface area contributed by atoms with Gasteiger partial charge in [0.1, 0.15) is 0 Å². The lowest BCUT2D eigenvalue weighted by atomic mass is 10.1. The first kappa shape index (κ1) is 12.2. The standard InChI is InChI=1S/C12H15F3N2/c13-10-6-9(7-11(14)12(10)15)17-8-2-1-4-16-5-3-8/h6-8,16-17H,1-5H2. The summed E-state index contributed by atoms with van der Waals surface area (Å²) in [5.41, 5.74) is 0.299. The molecule has 17 heavy (non-hydrogen) atoms. The third kappa shape index (κ3) is 3.12. The summed E-state index contributed by atoms with van der Waals surface area (Å²) in [5.74, 6) is -3.73. The Morgan fingerprint density at radius 2 is 1.76 bits per heavy atom. The number of rotatable bonds is 2. The Morgan fingerprint density at radius 3 is 2.47 bits per heavy atom. The second kappa shape index (κ2) is 5.40. The number of hydrogen-bond donors (Lipinski definition) is 2. The topological polar surface area (TPSA) is 24.1 Å². The van der Waals surface area contributed by atoms with Gasteiger partial charge in [-0.05, 0) is 32.4 Å². The third-order valence-corrected chi connectivity index (χ3v) is 2.93. The molecule has 0 radical (unpaired) electrons. The average Bonchev–Trinajstić information content (AvgIpc) is 2.54. The van der Waals surface area contributed by atoms with Crippen LogP contribution in [0.4, 0.5) is 18.9 Å². The summed E-state index contributed by atoms with van der Waals surface area (Å²) >= 11 is 0. The molecule has 1 aliphatic rings. The molecule has 94 valence electrons. The van der Waals surface area contributed by atoms with Gasteiger partial charge in [0.2, 0.25) is 0 Å². The van der Waals surface area contributed by atoms with Gasteiger partial charge in [-0.1, -0.05) is 0 Å². The van der Waals surface area contributed by atoms with Gasteiger partial charge >= 0.3 is 0 Å². The quantitative estimate of drug-likeness (QED) is 0.781. The molecular weight excluding hydrogens is 229 g/mol. The van der Waals surface area contributed by atoms with Crippen molar-refractivity contribution in [2.75, 3.05) is 18.4 Å². The van der Waals surface area contributed by atoms with Crippen LogP contribution in [-0.4, -0.2) is 19.1 Å². The minimum Gasteiger partial charge on any atom is -0.382 e. The molecule has 2 nitrogen and oxygen atoms in total. The average molecular weight is 244 g/mol. The lowest BCUT2D eigenvalue weighted by molar-refractivity contribution is 0.447. The molecule has 0 amide bonds. The van der Waals surface area contributed by atoms with Gasteiger partial charge in [-0.3, -0.25) is 0 Å². The minimum atomic E-state index is -1.42. The van der Waals surface area contributed by atoms with E-state index < -0.39 is 17.5 Å². The van der Waals surface area contributed by atoms with Gasteiger partial charge in [-0.25, -0.2) is 13.2 Å².